The molecule has 60 valence electrons. The number of rotatable bonds is 3. The Morgan fingerprint density at radius 2 is 2.20 bits per heavy atom. The topological polar surface area (TPSA) is 38.3 Å². The molecule has 3 nitrogen and oxygen atoms in total. The highest BCUT2D eigenvalue weighted by atomic mass is 35.5. The molecule has 0 saturated carbocycles. The second-order valence-electron chi connectivity index (χ2n) is 2.00. The van der Waals surface area contributed by atoms with Gasteiger partial charge in [0.15, 0.2) is 0 Å². The van der Waals surface area contributed by atoms with E-state index in [2.05, 4.69) is 10.1 Å². The van der Waals surface area contributed by atoms with E-state index in [-0.39, 0.29) is 6.04 Å². The minimum atomic E-state index is -0.602. The van der Waals surface area contributed by atoms with E-state index in [9.17, 15) is 4.79 Å². The summed E-state index contributed by atoms with van der Waals surface area (Å²) in [6, 6.07) is -0.0610. The third-order valence-corrected chi connectivity index (χ3v) is 1.88. The van der Waals surface area contributed by atoms with E-state index in [1.807, 2.05) is 6.92 Å². The lowest BCUT2D eigenvalue weighted by molar-refractivity contribution is -0.140. The lowest BCUT2D eigenvalue weighted by Gasteiger charge is -2.13. The normalized spacial score (nSPS) is 16.0. The largest absolute Gasteiger partial charge is 0.468 e. The van der Waals surface area contributed by atoms with Gasteiger partial charge in [-0.2, -0.15) is 0 Å². The van der Waals surface area contributed by atoms with Crippen molar-refractivity contribution in [2.24, 2.45) is 0 Å². The molecule has 10 heavy (non-hydrogen) atoms. The Labute approximate surface area is 65.7 Å². The molecule has 1 N–H and O–H groups in total. The lowest BCUT2D eigenvalue weighted by Crippen LogP contribution is -2.37. The molecular weight excluding hydrogens is 154 g/mol. The van der Waals surface area contributed by atoms with Gasteiger partial charge in [0.2, 0.25) is 0 Å². The molecule has 4 heteroatoms. The first-order valence-corrected chi connectivity index (χ1v) is 3.46. The molecule has 2 atom stereocenters. The predicted octanol–water partition coefficient (Wildman–Crippen LogP) is 0.375. The van der Waals surface area contributed by atoms with Crippen molar-refractivity contribution in [1.29, 1.82) is 0 Å². The Kier molecular flexibility index (Phi) is 4.40. The number of ether oxygens (including phenoxy) is 1. The van der Waals surface area contributed by atoms with Gasteiger partial charge >= 0.3 is 5.97 Å². The predicted molar refractivity (Wildman–Crippen MR) is 40.2 cm³/mol. The highest BCUT2D eigenvalue weighted by molar-refractivity contribution is 6.30. The van der Waals surface area contributed by atoms with Crippen LogP contribution in [0.5, 0.6) is 0 Å². The van der Waals surface area contributed by atoms with Crippen LogP contribution in [0, 0.1) is 0 Å². The van der Waals surface area contributed by atoms with Crippen LogP contribution in [0.1, 0.15) is 6.92 Å². The fourth-order valence-electron chi connectivity index (χ4n) is 0.463. The summed E-state index contributed by atoms with van der Waals surface area (Å²) in [6.45, 7) is 1.81. The molecule has 0 fully saturated rings. The molecule has 0 radical (unpaired) electrons. The van der Waals surface area contributed by atoms with Crippen molar-refractivity contribution in [3.8, 4) is 0 Å². The van der Waals surface area contributed by atoms with Crippen LogP contribution in [-0.2, 0) is 9.53 Å². The maximum absolute atomic E-state index is 10.7. The summed E-state index contributed by atoms with van der Waals surface area (Å²) in [5.41, 5.74) is 0. The van der Waals surface area contributed by atoms with Crippen molar-refractivity contribution >= 4 is 17.6 Å². The highest BCUT2D eigenvalue weighted by Crippen LogP contribution is 2.03. The smallest absolute Gasteiger partial charge is 0.325 e. The minimum Gasteiger partial charge on any atom is -0.468 e. The van der Waals surface area contributed by atoms with Crippen LogP contribution in [0.4, 0.5) is 0 Å². The van der Waals surface area contributed by atoms with E-state index in [1.54, 1.807) is 7.05 Å². The number of halogens is 1. The maximum atomic E-state index is 10.7. The van der Waals surface area contributed by atoms with E-state index in [0.29, 0.717) is 0 Å². The number of alkyl halides is 1. The van der Waals surface area contributed by atoms with Crippen LogP contribution >= 0.6 is 11.6 Å². The molecule has 0 rings (SSSR count). The fraction of sp³-hybridized carbons (Fsp3) is 0.833. The molecule has 0 aromatic heterocycles. The fourth-order valence-corrected chi connectivity index (χ4v) is 0.678. The van der Waals surface area contributed by atoms with Crippen LogP contribution in [-0.4, -0.2) is 31.5 Å². The summed E-state index contributed by atoms with van der Waals surface area (Å²) in [4.78, 5) is 10.7. The van der Waals surface area contributed by atoms with Crippen LogP contribution in [0.2, 0.25) is 0 Å². The molecule has 0 unspecified atom stereocenters. The third-order valence-electron chi connectivity index (χ3n) is 1.32. The number of carbonyl (C=O) groups is 1. The quantitative estimate of drug-likeness (QED) is 0.485. The molecule has 0 spiro atoms. The summed E-state index contributed by atoms with van der Waals surface area (Å²) in [5, 5.41) is 2.25. The second kappa shape index (κ2) is 4.52. The van der Waals surface area contributed by atoms with Crippen molar-refractivity contribution in [3.63, 3.8) is 0 Å². The van der Waals surface area contributed by atoms with Gasteiger partial charge in [-0.15, -0.1) is 11.6 Å². The molecule has 0 amide bonds. The Bertz CT molecular complexity index is 118. The SMILES string of the molecule is CN[C@@H](C)[C@H](Cl)C(=O)OC. The zero-order valence-electron chi connectivity index (χ0n) is 6.35. The van der Waals surface area contributed by atoms with Gasteiger partial charge in [-0.3, -0.25) is 4.79 Å². The summed E-state index contributed by atoms with van der Waals surface area (Å²) in [6.07, 6.45) is 0. The molecule has 0 saturated heterocycles. The van der Waals surface area contributed by atoms with Crippen molar-refractivity contribution < 1.29 is 9.53 Å². The number of carbonyl (C=O) groups excluding carboxylic acids is 1. The number of hydrogen-bond acceptors (Lipinski definition) is 3. The molecular formula is C6H12ClNO2. The van der Waals surface area contributed by atoms with Gasteiger partial charge in [-0.05, 0) is 14.0 Å². The highest BCUT2D eigenvalue weighted by Gasteiger charge is 2.21. The zero-order valence-corrected chi connectivity index (χ0v) is 7.11. The van der Waals surface area contributed by atoms with Gasteiger partial charge < -0.3 is 10.1 Å². The first kappa shape index (κ1) is 9.72. The van der Waals surface area contributed by atoms with Crippen molar-refractivity contribution in [3.05, 3.63) is 0 Å². The van der Waals surface area contributed by atoms with Gasteiger partial charge in [0.25, 0.3) is 0 Å². The first-order valence-electron chi connectivity index (χ1n) is 3.02. The summed E-state index contributed by atoms with van der Waals surface area (Å²) in [7, 11) is 3.06. The molecule has 0 aromatic carbocycles. The average Bonchev–Trinajstić information content (AvgIpc) is 2.00. The summed E-state index contributed by atoms with van der Waals surface area (Å²) < 4.78 is 4.42. The molecule has 0 aliphatic carbocycles. The van der Waals surface area contributed by atoms with Gasteiger partial charge in [-0.25, -0.2) is 0 Å². The van der Waals surface area contributed by atoms with Crippen LogP contribution in [0.25, 0.3) is 0 Å². The zero-order chi connectivity index (χ0) is 8.15. The molecule has 0 bridgehead atoms. The number of esters is 1. The monoisotopic (exact) mass is 165 g/mol. The Hall–Kier alpha value is -0.280. The number of nitrogens with one attached hydrogen (secondary N) is 1. The van der Waals surface area contributed by atoms with Gasteiger partial charge in [-0.1, -0.05) is 0 Å². The minimum absolute atomic E-state index is 0.0610. The third kappa shape index (κ3) is 2.54. The Morgan fingerprint density at radius 1 is 1.70 bits per heavy atom. The maximum Gasteiger partial charge on any atom is 0.325 e. The van der Waals surface area contributed by atoms with Crippen molar-refractivity contribution in [1.82, 2.24) is 5.32 Å². The van der Waals surface area contributed by atoms with Crippen LogP contribution in [0.3, 0.4) is 0 Å². The molecule has 0 aliphatic heterocycles. The van der Waals surface area contributed by atoms with Crippen LogP contribution in [0.15, 0.2) is 0 Å². The van der Waals surface area contributed by atoms with Gasteiger partial charge in [0.05, 0.1) is 7.11 Å². The van der Waals surface area contributed by atoms with Crippen molar-refractivity contribution in [2.75, 3.05) is 14.2 Å². The molecule has 0 aliphatic rings. The summed E-state index contributed by atoms with van der Waals surface area (Å²) in [5.74, 6) is -0.400. The number of methoxy groups -OCH3 is 1. The van der Waals surface area contributed by atoms with E-state index >= 15 is 0 Å². The second-order valence-corrected chi connectivity index (χ2v) is 2.47. The molecule has 0 heterocycles. The van der Waals surface area contributed by atoms with Crippen molar-refractivity contribution in [2.45, 2.75) is 18.3 Å². The average molecular weight is 166 g/mol. The summed E-state index contributed by atoms with van der Waals surface area (Å²) >= 11 is 5.64. The lowest BCUT2D eigenvalue weighted by atomic mass is 10.2. The van der Waals surface area contributed by atoms with E-state index in [0.717, 1.165) is 0 Å². The Morgan fingerprint density at radius 3 is 2.50 bits per heavy atom. The standard InChI is InChI=1S/C6H12ClNO2/c1-4(8-2)5(7)6(9)10-3/h4-5,8H,1-3H3/t4-,5-/m0/s1. The van der Waals surface area contributed by atoms with Gasteiger partial charge in [0, 0.05) is 6.04 Å². The first-order chi connectivity index (χ1) is 4.63. The van der Waals surface area contributed by atoms with Gasteiger partial charge in [0.1, 0.15) is 5.38 Å². The number of hydrogen-bond donors (Lipinski definition) is 1. The van der Waals surface area contributed by atoms with Crippen LogP contribution < -0.4 is 5.32 Å². The van der Waals surface area contributed by atoms with E-state index in [4.69, 9.17) is 11.6 Å². The van der Waals surface area contributed by atoms with E-state index in [1.165, 1.54) is 7.11 Å². The molecule has 0 aromatic rings. The van der Waals surface area contributed by atoms with E-state index < -0.39 is 11.3 Å². The Balaban J connectivity index is 3.81.